The molecule has 2 aliphatic heterocycles. The minimum atomic E-state index is -0.0642. The van der Waals surface area contributed by atoms with Crippen molar-refractivity contribution in [3.05, 3.63) is 151 Å². The number of para-hydroxylation sites is 1. The van der Waals surface area contributed by atoms with Crippen molar-refractivity contribution in [1.29, 1.82) is 0 Å². The number of benzene rings is 8. The molecule has 58 heavy (non-hydrogen) atoms. The number of nitrogens with zero attached hydrogens (tertiary/aromatic N) is 2. The van der Waals surface area contributed by atoms with Crippen LogP contribution in [0.15, 0.2) is 150 Å². The molecule has 8 aromatic carbocycles. The van der Waals surface area contributed by atoms with Crippen LogP contribution < -0.4 is 15.7 Å². The van der Waals surface area contributed by atoms with E-state index in [2.05, 4.69) is 176 Å². The Morgan fingerprint density at radius 1 is 0.500 bits per heavy atom. The van der Waals surface area contributed by atoms with Crippen LogP contribution in [0.5, 0.6) is 0 Å². The molecule has 0 spiro atoms. The van der Waals surface area contributed by atoms with Crippen molar-refractivity contribution in [1.82, 2.24) is 4.57 Å². The summed E-state index contributed by atoms with van der Waals surface area (Å²) in [6, 6.07) is 55.1. The van der Waals surface area contributed by atoms with Gasteiger partial charge in [0.05, 0.1) is 11.0 Å². The third-order valence-electron chi connectivity index (χ3n) is 13.1. The topological polar surface area (TPSA) is 21.3 Å². The van der Waals surface area contributed by atoms with Gasteiger partial charge in [-0.1, -0.05) is 99.6 Å². The van der Waals surface area contributed by atoms with Crippen molar-refractivity contribution >= 4 is 136 Å². The summed E-state index contributed by atoms with van der Waals surface area (Å²) in [4.78, 5) is 2.65. The molecule has 3 nitrogen and oxygen atoms in total. The smallest absolute Gasteiger partial charge is 0.333 e. The van der Waals surface area contributed by atoms with Gasteiger partial charge in [0.1, 0.15) is 11.2 Å². The maximum absolute atomic E-state index is 6.61. The zero-order valence-electron chi connectivity index (χ0n) is 32.1. The van der Waals surface area contributed by atoms with Gasteiger partial charge in [0.25, 0.3) is 0 Å². The van der Waals surface area contributed by atoms with Crippen molar-refractivity contribution in [3.8, 4) is 16.8 Å². The summed E-state index contributed by atoms with van der Waals surface area (Å²) in [5.74, 6) is 0. The summed E-state index contributed by atoms with van der Waals surface area (Å²) in [6.45, 7) is 6.83. The van der Waals surface area contributed by atoms with Gasteiger partial charge in [-0.2, -0.15) is 0 Å². The first-order chi connectivity index (χ1) is 28.4. The summed E-state index contributed by atoms with van der Waals surface area (Å²) >= 11 is 3.80. The van der Waals surface area contributed by atoms with Crippen LogP contribution in [0.1, 0.15) is 26.3 Å². The number of thiophene rings is 2. The van der Waals surface area contributed by atoms with Gasteiger partial charge in [0.2, 0.25) is 0 Å². The van der Waals surface area contributed by atoms with Crippen molar-refractivity contribution < 1.29 is 4.42 Å². The molecule has 0 aliphatic carbocycles. The van der Waals surface area contributed by atoms with Gasteiger partial charge in [-0.05, 0) is 94.2 Å². The highest BCUT2D eigenvalue weighted by atomic mass is 32.1. The molecule has 272 valence electrons. The maximum Gasteiger partial charge on any atom is 0.333 e. The van der Waals surface area contributed by atoms with E-state index in [4.69, 9.17) is 4.42 Å². The summed E-state index contributed by atoms with van der Waals surface area (Å²) in [7, 11) is 0. The number of hydrogen-bond acceptors (Lipinski definition) is 4. The first kappa shape index (κ1) is 31.7. The Labute approximate surface area is 342 Å². The maximum atomic E-state index is 6.61. The largest absolute Gasteiger partial charge is 0.456 e. The van der Waals surface area contributed by atoms with Crippen molar-refractivity contribution in [2.45, 2.75) is 26.2 Å². The van der Waals surface area contributed by atoms with Gasteiger partial charge >= 0.3 is 6.85 Å². The quantitative estimate of drug-likeness (QED) is 0.155. The Morgan fingerprint density at radius 2 is 1.17 bits per heavy atom. The first-order valence-electron chi connectivity index (χ1n) is 20.1. The summed E-state index contributed by atoms with van der Waals surface area (Å²) in [5, 5.41) is 10.2. The molecule has 0 fully saturated rings. The van der Waals surface area contributed by atoms with Gasteiger partial charge in [-0.25, -0.2) is 0 Å². The number of furan rings is 1. The molecule has 0 saturated carbocycles. The van der Waals surface area contributed by atoms with Crippen molar-refractivity contribution in [3.63, 3.8) is 0 Å². The van der Waals surface area contributed by atoms with E-state index in [1.54, 1.807) is 0 Å². The van der Waals surface area contributed by atoms with E-state index in [1.807, 2.05) is 22.7 Å². The van der Waals surface area contributed by atoms with E-state index < -0.39 is 0 Å². The molecule has 12 aromatic rings. The summed E-state index contributed by atoms with van der Waals surface area (Å²) < 4.78 is 14.5. The zero-order chi connectivity index (χ0) is 38.2. The molecule has 0 N–H and O–H groups in total. The Kier molecular flexibility index (Phi) is 5.90. The predicted octanol–water partition coefficient (Wildman–Crippen LogP) is 14.0. The lowest BCUT2D eigenvalue weighted by molar-refractivity contribution is 0.590. The highest BCUT2D eigenvalue weighted by molar-refractivity contribution is 7.26. The molecule has 2 aliphatic rings. The summed E-state index contributed by atoms with van der Waals surface area (Å²) in [5.41, 5.74) is 14.6. The molecule has 6 heteroatoms. The van der Waals surface area contributed by atoms with Gasteiger partial charge in [-0.3, -0.25) is 0 Å². The van der Waals surface area contributed by atoms with Crippen LogP contribution >= 0.6 is 22.7 Å². The fourth-order valence-electron chi connectivity index (χ4n) is 10.4. The Morgan fingerprint density at radius 3 is 1.93 bits per heavy atom. The van der Waals surface area contributed by atoms with Crippen LogP contribution in [0.3, 0.4) is 0 Å². The third kappa shape index (κ3) is 3.99. The van der Waals surface area contributed by atoms with Crippen LogP contribution in [-0.4, -0.2) is 11.4 Å². The predicted molar refractivity (Wildman–Crippen MR) is 252 cm³/mol. The average molecular weight is 777 g/mol. The van der Waals surface area contributed by atoms with Crippen LogP contribution in [-0.2, 0) is 5.41 Å². The standard InChI is InChI=1S/C52H33BN2OS2/c1-52(2,3)28-16-18-29(19-17-28)55-42-22-37-30-10-4-7-13-44(30)56-45(37)25-35(42)33-20-21-34-36-26-48-38(31-11-5-8-14-46(31)57-48)23-41(36)54-43-24-39-32-12-6-9-15-47(32)58-49(39)27-40(43)53(55)50(33)51(34)54/h4-27H,1-3H3. The minimum Gasteiger partial charge on any atom is -0.456 e. The van der Waals surface area contributed by atoms with Crippen molar-refractivity contribution in [2.75, 3.05) is 4.81 Å². The molecule has 0 bridgehead atoms. The number of fused-ring (bicyclic) bond motifs is 17. The molecular formula is C52H33BN2OS2. The van der Waals surface area contributed by atoms with Gasteiger partial charge in [-0.15, -0.1) is 22.7 Å². The average Bonchev–Trinajstić information content (AvgIpc) is 3.99. The minimum absolute atomic E-state index is 0.0449. The molecule has 4 aromatic heterocycles. The second-order valence-electron chi connectivity index (χ2n) is 17.3. The molecular weight excluding hydrogens is 744 g/mol. The van der Waals surface area contributed by atoms with E-state index in [0.29, 0.717) is 0 Å². The van der Waals surface area contributed by atoms with Crippen LogP contribution in [0.4, 0.5) is 11.4 Å². The molecule has 0 amide bonds. The van der Waals surface area contributed by atoms with E-state index in [-0.39, 0.29) is 12.3 Å². The zero-order valence-corrected chi connectivity index (χ0v) is 33.7. The second kappa shape index (κ2) is 10.8. The number of hydrogen-bond donors (Lipinski definition) is 0. The van der Waals surface area contributed by atoms with E-state index >= 15 is 0 Å². The van der Waals surface area contributed by atoms with Gasteiger partial charge in [0.15, 0.2) is 0 Å². The molecule has 14 rings (SSSR count). The van der Waals surface area contributed by atoms with E-state index in [1.165, 1.54) is 107 Å². The molecule has 0 radical (unpaired) electrons. The highest BCUT2D eigenvalue weighted by Crippen LogP contribution is 2.49. The summed E-state index contributed by atoms with van der Waals surface area (Å²) in [6.07, 6.45) is 0. The van der Waals surface area contributed by atoms with Crippen LogP contribution in [0, 0.1) is 0 Å². The molecule has 0 atom stereocenters. The first-order valence-corrected chi connectivity index (χ1v) is 21.7. The molecule has 0 unspecified atom stereocenters. The number of aromatic nitrogens is 1. The van der Waals surface area contributed by atoms with Gasteiger partial charge < -0.3 is 13.8 Å². The third-order valence-corrected chi connectivity index (χ3v) is 15.4. The second-order valence-corrected chi connectivity index (χ2v) is 19.4. The van der Waals surface area contributed by atoms with Crippen LogP contribution in [0.2, 0.25) is 0 Å². The lowest BCUT2D eigenvalue weighted by atomic mass is 9.44. The molecule has 0 saturated heterocycles. The van der Waals surface area contributed by atoms with Gasteiger partial charge in [0, 0.05) is 84.5 Å². The fraction of sp³-hybridized carbons (Fsp3) is 0.0769. The van der Waals surface area contributed by atoms with E-state index in [0.717, 1.165) is 21.9 Å². The SMILES string of the molecule is CC(C)(C)c1ccc(N2B3c4cc5sc6ccccc6c5cc4-n4c5cc6c(cc5c5ccc(c3c54)-c3cc4oc5ccccc5c4cc32)sc2ccccc26)cc1. The normalized spacial score (nSPS) is 13.7. The lowest BCUT2D eigenvalue weighted by Gasteiger charge is -2.42. The Hall–Kier alpha value is -6.34. The Balaban J connectivity index is 1.17. The number of anilines is 2. The monoisotopic (exact) mass is 776 g/mol. The molecule has 6 heterocycles. The van der Waals surface area contributed by atoms with E-state index in [9.17, 15) is 0 Å². The Bertz CT molecular complexity index is 3800. The van der Waals surface area contributed by atoms with Crippen molar-refractivity contribution in [2.24, 2.45) is 0 Å². The highest BCUT2D eigenvalue weighted by Gasteiger charge is 2.44. The lowest BCUT2D eigenvalue weighted by Crippen LogP contribution is -2.60. The van der Waals surface area contributed by atoms with Crippen LogP contribution in [0.25, 0.3) is 101 Å². The fourth-order valence-corrected chi connectivity index (χ4v) is 12.7. The number of rotatable bonds is 1.